The molecule has 96 valence electrons. The van der Waals surface area contributed by atoms with Gasteiger partial charge in [-0.05, 0) is 58.2 Å². The Morgan fingerprint density at radius 2 is 2.18 bits per heavy atom. The van der Waals surface area contributed by atoms with Gasteiger partial charge in [0.25, 0.3) is 0 Å². The zero-order valence-corrected chi connectivity index (χ0v) is 12.2. The van der Waals surface area contributed by atoms with Crippen LogP contribution in [0.1, 0.15) is 24.9 Å². The third-order valence-corrected chi connectivity index (χ3v) is 3.70. The number of hydrogen-bond acceptors (Lipinski definition) is 2. The SMILES string of the molecule is CNCCCN(C)C(C)c1ccc(F)cc1Br. The predicted molar refractivity (Wildman–Crippen MR) is 73.7 cm³/mol. The highest BCUT2D eigenvalue weighted by Crippen LogP contribution is 2.27. The minimum absolute atomic E-state index is 0.203. The van der Waals surface area contributed by atoms with Crippen LogP contribution in [0.5, 0.6) is 0 Å². The monoisotopic (exact) mass is 302 g/mol. The van der Waals surface area contributed by atoms with Crippen LogP contribution >= 0.6 is 15.9 Å². The van der Waals surface area contributed by atoms with E-state index in [2.05, 4.69) is 40.1 Å². The highest BCUT2D eigenvalue weighted by atomic mass is 79.9. The number of rotatable bonds is 6. The molecule has 1 rings (SSSR count). The molecule has 1 unspecified atom stereocenters. The molecule has 0 aromatic heterocycles. The highest BCUT2D eigenvalue weighted by molar-refractivity contribution is 9.10. The van der Waals surface area contributed by atoms with Crippen LogP contribution in [-0.2, 0) is 0 Å². The summed E-state index contributed by atoms with van der Waals surface area (Å²) in [7, 11) is 4.05. The summed E-state index contributed by atoms with van der Waals surface area (Å²) in [6.45, 7) is 4.17. The maximum Gasteiger partial charge on any atom is 0.124 e. The number of nitrogens with zero attached hydrogens (tertiary/aromatic N) is 1. The normalized spacial score (nSPS) is 13.1. The van der Waals surface area contributed by atoms with Crippen molar-refractivity contribution in [3.05, 3.63) is 34.1 Å². The molecule has 1 atom stereocenters. The van der Waals surface area contributed by atoms with Gasteiger partial charge in [0, 0.05) is 10.5 Å². The average molecular weight is 303 g/mol. The van der Waals surface area contributed by atoms with Crippen LogP contribution in [0.25, 0.3) is 0 Å². The summed E-state index contributed by atoms with van der Waals surface area (Å²) in [5.41, 5.74) is 1.12. The molecule has 0 aliphatic carbocycles. The molecule has 0 aliphatic heterocycles. The second kappa shape index (κ2) is 7.09. The van der Waals surface area contributed by atoms with E-state index in [1.54, 1.807) is 0 Å². The Morgan fingerprint density at radius 3 is 2.76 bits per heavy atom. The van der Waals surface area contributed by atoms with Gasteiger partial charge in [-0.25, -0.2) is 4.39 Å². The van der Waals surface area contributed by atoms with E-state index >= 15 is 0 Å². The Kier molecular flexibility index (Phi) is 6.09. The van der Waals surface area contributed by atoms with Gasteiger partial charge in [-0.2, -0.15) is 0 Å². The first-order chi connectivity index (χ1) is 8.06. The van der Waals surface area contributed by atoms with Crippen LogP contribution in [0.3, 0.4) is 0 Å². The molecule has 0 fully saturated rings. The molecule has 0 saturated heterocycles. The molecule has 0 saturated carbocycles. The molecule has 1 N–H and O–H groups in total. The zero-order valence-electron chi connectivity index (χ0n) is 10.6. The van der Waals surface area contributed by atoms with Crippen LogP contribution in [0, 0.1) is 5.82 Å². The van der Waals surface area contributed by atoms with Crippen molar-refractivity contribution in [2.45, 2.75) is 19.4 Å². The molecular formula is C13H20BrFN2. The van der Waals surface area contributed by atoms with Crippen LogP contribution in [0.4, 0.5) is 4.39 Å². The summed E-state index contributed by atoms with van der Waals surface area (Å²) in [6, 6.07) is 5.16. The Balaban J connectivity index is 2.64. The molecular weight excluding hydrogens is 283 g/mol. The molecule has 0 aliphatic rings. The van der Waals surface area contributed by atoms with Crippen molar-refractivity contribution in [3.8, 4) is 0 Å². The standard InChI is InChI=1S/C13H20BrFN2/c1-10(17(3)8-4-7-16-2)12-6-5-11(15)9-13(12)14/h5-6,9-10,16H,4,7-8H2,1-3H3. The topological polar surface area (TPSA) is 15.3 Å². The second-order valence-electron chi connectivity index (χ2n) is 4.28. The predicted octanol–water partition coefficient (Wildman–Crippen LogP) is 3.19. The molecule has 2 nitrogen and oxygen atoms in total. The average Bonchev–Trinajstić information content (AvgIpc) is 2.28. The summed E-state index contributed by atoms with van der Waals surface area (Å²) in [5, 5.41) is 3.14. The quantitative estimate of drug-likeness (QED) is 0.812. The fourth-order valence-electron chi connectivity index (χ4n) is 1.78. The van der Waals surface area contributed by atoms with Gasteiger partial charge in [0.1, 0.15) is 5.82 Å². The van der Waals surface area contributed by atoms with E-state index in [4.69, 9.17) is 0 Å². The fraction of sp³-hybridized carbons (Fsp3) is 0.538. The maximum atomic E-state index is 13.0. The lowest BCUT2D eigenvalue weighted by atomic mass is 10.1. The van der Waals surface area contributed by atoms with Crippen LogP contribution in [0.15, 0.2) is 22.7 Å². The molecule has 4 heteroatoms. The van der Waals surface area contributed by atoms with Crippen LogP contribution < -0.4 is 5.32 Å². The Bertz CT molecular complexity index is 357. The van der Waals surface area contributed by atoms with E-state index in [1.165, 1.54) is 12.1 Å². The summed E-state index contributed by atoms with van der Waals surface area (Å²) in [6.07, 6.45) is 1.11. The van der Waals surface area contributed by atoms with Crippen molar-refractivity contribution in [1.29, 1.82) is 0 Å². The van der Waals surface area contributed by atoms with Gasteiger partial charge in [0.2, 0.25) is 0 Å². The van der Waals surface area contributed by atoms with Gasteiger partial charge in [-0.1, -0.05) is 22.0 Å². The van der Waals surface area contributed by atoms with Crippen LogP contribution in [-0.4, -0.2) is 32.1 Å². The van der Waals surface area contributed by atoms with E-state index in [0.717, 1.165) is 29.5 Å². The van der Waals surface area contributed by atoms with Gasteiger partial charge >= 0.3 is 0 Å². The van der Waals surface area contributed by atoms with Crippen molar-refractivity contribution in [1.82, 2.24) is 10.2 Å². The number of nitrogens with one attached hydrogen (secondary N) is 1. The largest absolute Gasteiger partial charge is 0.320 e. The Labute approximate surface area is 111 Å². The lowest BCUT2D eigenvalue weighted by Crippen LogP contribution is -2.26. The molecule has 0 bridgehead atoms. The molecule has 0 amide bonds. The van der Waals surface area contributed by atoms with E-state index in [9.17, 15) is 4.39 Å². The van der Waals surface area contributed by atoms with Crippen molar-refractivity contribution in [3.63, 3.8) is 0 Å². The Hall–Kier alpha value is -0.450. The first-order valence-corrected chi connectivity index (χ1v) is 6.65. The summed E-state index contributed by atoms with van der Waals surface area (Å²) < 4.78 is 13.8. The molecule has 0 radical (unpaired) electrons. The third-order valence-electron chi connectivity index (χ3n) is 3.01. The lowest BCUT2D eigenvalue weighted by molar-refractivity contribution is 0.257. The van der Waals surface area contributed by atoms with Crippen LogP contribution in [0.2, 0.25) is 0 Å². The van der Waals surface area contributed by atoms with Gasteiger partial charge in [-0.15, -0.1) is 0 Å². The second-order valence-corrected chi connectivity index (χ2v) is 5.13. The van der Waals surface area contributed by atoms with Gasteiger partial charge in [0.05, 0.1) is 0 Å². The zero-order chi connectivity index (χ0) is 12.8. The molecule has 0 spiro atoms. The third kappa shape index (κ3) is 4.37. The molecule has 17 heavy (non-hydrogen) atoms. The first-order valence-electron chi connectivity index (χ1n) is 5.86. The van der Waals surface area contributed by atoms with Gasteiger partial charge < -0.3 is 5.32 Å². The molecule has 1 aromatic carbocycles. The van der Waals surface area contributed by atoms with Crippen molar-refractivity contribution in [2.75, 3.05) is 27.2 Å². The number of hydrogen-bond donors (Lipinski definition) is 1. The number of benzene rings is 1. The van der Waals surface area contributed by atoms with Crippen molar-refractivity contribution in [2.24, 2.45) is 0 Å². The van der Waals surface area contributed by atoms with Crippen molar-refractivity contribution >= 4 is 15.9 Å². The highest BCUT2D eigenvalue weighted by Gasteiger charge is 2.14. The smallest absolute Gasteiger partial charge is 0.124 e. The maximum absolute atomic E-state index is 13.0. The van der Waals surface area contributed by atoms with Gasteiger partial charge in [0.15, 0.2) is 0 Å². The van der Waals surface area contributed by atoms with E-state index < -0.39 is 0 Å². The lowest BCUT2D eigenvalue weighted by Gasteiger charge is -2.25. The van der Waals surface area contributed by atoms with E-state index in [-0.39, 0.29) is 11.9 Å². The summed E-state index contributed by atoms with van der Waals surface area (Å²) >= 11 is 3.42. The summed E-state index contributed by atoms with van der Waals surface area (Å²) in [5.74, 6) is -0.203. The minimum Gasteiger partial charge on any atom is -0.320 e. The summed E-state index contributed by atoms with van der Waals surface area (Å²) in [4.78, 5) is 2.27. The fourth-order valence-corrected chi connectivity index (χ4v) is 2.46. The minimum atomic E-state index is -0.203. The first kappa shape index (κ1) is 14.6. The number of halogens is 2. The van der Waals surface area contributed by atoms with Gasteiger partial charge in [-0.3, -0.25) is 4.90 Å². The Morgan fingerprint density at radius 1 is 1.47 bits per heavy atom. The van der Waals surface area contributed by atoms with E-state index in [0.29, 0.717) is 0 Å². The van der Waals surface area contributed by atoms with E-state index in [1.807, 2.05) is 13.1 Å². The van der Waals surface area contributed by atoms with Crippen molar-refractivity contribution < 1.29 is 4.39 Å². The molecule has 1 aromatic rings. The molecule has 0 heterocycles.